The number of hydrogen-bond donors (Lipinski definition) is 3. The van der Waals surface area contributed by atoms with Gasteiger partial charge in [0.25, 0.3) is 0 Å². The zero-order valence-corrected chi connectivity index (χ0v) is 12.2. The Labute approximate surface area is 115 Å². The lowest BCUT2D eigenvalue weighted by Crippen LogP contribution is -2.41. The summed E-state index contributed by atoms with van der Waals surface area (Å²) in [6, 6.07) is 0.328. The lowest BCUT2D eigenvalue weighted by Gasteiger charge is -2.23. The van der Waals surface area contributed by atoms with Crippen LogP contribution >= 0.6 is 0 Å². The molecule has 112 valence electrons. The molecule has 6 heteroatoms. The number of urea groups is 1. The van der Waals surface area contributed by atoms with Crippen molar-refractivity contribution in [1.29, 1.82) is 0 Å². The zero-order chi connectivity index (χ0) is 14.7. The van der Waals surface area contributed by atoms with E-state index in [4.69, 9.17) is 5.11 Å². The van der Waals surface area contributed by atoms with Crippen molar-refractivity contribution in [3.05, 3.63) is 0 Å². The Hall–Kier alpha value is -1.30. The number of carbonyl (C=O) groups is 2. The van der Waals surface area contributed by atoms with Gasteiger partial charge in [0.05, 0.1) is 0 Å². The van der Waals surface area contributed by atoms with Gasteiger partial charge in [-0.1, -0.05) is 6.92 Å². The first-order chi connectivity index (χ1) is 8.97. The van der Waals surface area contributed by atoms with E-state index in [0.717, 1.165) is 13.0 Å². The average molecular weight is 273 g/mol. The normalized spacial score (nSPS) is 12.2. The van der Waals surface area contributed by atoms with Gasteiger partial charge in [0.1, 0.15) is 0 Å². The van der Waals surface area contributed by atoms with Crippen LogP contribution in [0, 0.1) is 0 Å². The number of carboxylic acid groups (broad SMARTS) is 1. The molecule has 0 rings (SSSR count). The maximum Gasteiger partial charge on any atom is 0.314 e. The van der Waals surface area contributed by atoms with Crippen LogP contribution in [0.25, 0.3) is 0 Å². The summed E-state index contributed by atoms with van der Waals surface area (Å²) < 4.78 is 0. The zero-order valence-electron chi connectivity index (χ0n) is 12.2. The fraction of sp³-hybridized carbons (Fsp3) is 0.846. The van der Waals surface area contributed by atoms with Crippen molar-refractivity contribution < 1.29 is 14.7 Å². The number of amides is 2. The second-order valence-corrected chi connectivity index (χ2v) is 4.77. The van der Waals surface area contributed by atoms with Crippen molar-refractivity contribution in [2.75, 3.05) is 26.7 Å². The minimum absolute atomic E-state index is 0.156. The number of nitrogens with zero attached hydrogens (tertiary/aromatic N) is 1. The summed E-state index contributed by atoms with van der Waals surface area (Å²) in [5.74, 6) is -0.794. The minimum Gasteiger partial charge on any atom is -0.481 e. The highest BCUT2D eigenvalue weighted by atomic mass is 16.4. The molecule has 3 N–H and O–H groups in total. The van der Waals surface area contributed by atoms with Crippen molar-refractivity contribution in [1.82, 2.24) is 15.5 Å². The van der Waals surface area contributed by atoms with Gasteiger partial charge in [-0.05, 0) is 33.2 Å². The molecule has 0 aromatic heterocycles. The molecule has 0 radical (unpaired) electrons. The van der Waals surface area contributed by atoms with Crippen LogP contribution in [-0.2, 0) is 4.79 Å². The molecular weight excluding hydrogens is 246 g/mol. The summed E-state index contributed by atoms with van der Waals surface area (Å²) in [5.41, 5.74) is 0. The number of likely N-dealkylation sites (N-methyl/N-ethyl adjacent to an activating group) is 1. The van der Waals surface area contributed by atoms with E-state index in [9.17, 15) is 9.59 Å². The van der Waals surface area contributed by atoms with Crippen molar-refractivity contribution in [2.24, 2.45) is 0 Å². The fourth-order valence-corrected chi connectivity index (χ4v) is 1.54. The maximum atomic E-state index is 11.4. The van der Waals surface area contributed by atoms with Crippen LogP contribution in [0.15, 0.2) is 0 Å². The van der Waals surface area contributed by atoms with Gasteiger partial charge < -0.3 is 20.6 Å². The van der Waals surface area contributed by atoms with Crippen LogP contribution in [0.2, 0.25) is 0 Å². The Morgan fingerprint density at radius 3 is 2.42 bits per heavy atom. The lowest BCUT2D eigenvalue weighted by molar-refractivity contribution is -0.137. The summed E-state index contributed by atoms with van der Waals surface area (Å²) in [7, 11) is 2.04. The smallest absolute Gasteiger partial charge is 0.314 e. The topological polar surface area (TPSA) is 81.7 Å². The first-order valence-electron chi connectivity index (χ1n) is 6.91. The van der Waals surface area contributed by atoms with Gasteiger partial charge in [-0.2, -0.15) is 0 Å². The quantitative estimate of drug-likeness (QED) is 0.524. The molecule has 19 heavy (non-hydrogen) atoms. The number of carboxylic acids is 1. The van der Waals surface area contributed by atoms with E-state index in [1.807, 2.05) is 7.05 Å². The number of nitrogens with one attached hydrogen (secondary N) is 2. The summed E-state index contributed by atoms with van der Waals surface area (Å²) in [5, 5.41) is 13.9. The third kappa shape index (κ3) is 10.3. The molecule has 0 aromatic rings. The molecule has 2 amide bonds. The van der Waals surface area contributed by atoms with E-state index < -0.39 is 5.97 Å². The van der Waals surface area contributed by atoms with Gasteiger partial charge in [-0.3, -0.25) is 4.79 Å². The van der Waals surface area contributed by atoms with Gasteiger partial charge in [0, 0.05) is 32.1 Å². The molecule has 0 heterocycles. The van der Waals surface area contributed by atoms with E-state index in [2.05, 4.69) is 29.4 Å². The number of aliphatic carboxylic acids is 1. The highest BCUT2D eigenvalue weighted by Crippen LogP contribution is 1.98. The monoisotopic (exact) mass is 273 g/mol. The minimum atomic E-state index is -0.794. The molecule has 6 nitrogen and oxygen atoms in total. The molecule has 0 fully saturated rings. The Bertz CT molecular complexity index is 272. The van der Waals surface area contributed by atoms with Crippen LogP contribution in [-0.4, -0.2) is 54.7 Å². The van der Waals surface area contributed by atoms with Gasteiger partial charge >= 0.3 is 12.0 Å². The lowest BCUT2D eigenvalue weighted by atomic mass is 10.2. The largest absolute Gasteiger partial charge is 0.481 e. The Balaban J connectivity index is 3.47. The first-order valence-corrected chi connectivity index (χ1v) is 6.91. The van der Waals surface area contributed by atoms with Crippen LogP contribution in [0.3, 0.4) is 0 Å². The molecule has 0 spiro atoms. The SMILES string of the molecule is CCC(C)N(C)CCNC(=O)NCCCCC(=O)O. The predicted molar refractivity (Wildman–Crippen MR) is 75.3 cm³/mol. The average Bonchev–Trinajstić information content (AvgIpc) is 2.36. The number of carbonyl (C=O) groups excluding carboxylic acids is 1. The summed E-state index contributed by atoms with van der Waals surface area (Å²) in [4.78, 5) is 23.9. The van der Waals surface area contributed by atoms with Gasteiger partial charge in [0.15, 0.2) is 0 Å². The second kappa shape index (κ2) is 10.6. The Morgan fingerprint density at radius 1 is 1.21 bits per heavy atom. The van der Waals surface area contributed by atoms with Crippen LogP contribution in [0.4, 0.5) is 4.79 Å². The molecule has 0 aliphatic rings. The summed E-state index contributed by atoms with van der Waals surface area (Å²) in [6.07, 6.45) is 2.52. The molecule has 0 bridgehead atoms. The number of hydrogen-bond acceptors (Lipinski definition) is 3. The first kappa shape index (κ1) is 17.7. The molecule has 0 aliphatic heterocycles. The second-order valence-electron chi connectivity index (χ2n) is 4.77. The third-order valence-corrected chi connectivity index (χ3v) is 3.20. The van der Waals surface area contributed by atoms with Gasteiger partial charge in [-0.15, -0.1) is 0 Å². The van der Waals surface area contributed by atoms with Crippen LogP contribution in [0.5, 0.6) is 0 Å². The summed E-state index contributed by atoms with van der Waals surface area (Å²) in [6.45, 7) is 6.24. The van der Waals surface area contributed by atoms with E-state index in [-0.39, 0.29) is 12.5 Å². The van der Waals surface area contributed by atoms with Gasteiger partial charge in [0.2, 0.25) is 0 Å². The number of unbranched alkanes of at least 4 members (excludes halogenated alkanes) is 1. The van der Waals surface area contributed by atoms with Crippen LogP contribution in [0.1, 0.15) is 39.5 Å². The fourth-order valence-electron chi connectivity index (χ4n) is 1.54. The van der Waals surface area contributed by atoms with Gasteiger partial charge in [-0.25, -0.2) is 4.79 Å². The van der Waals surface area contributed by atoms with E-state index >= 15 is 0 Å². The number of rotatable bonds is 10. The predicted octanol–water partition coefficient (Wildman–Crippen LogP) is 1.27. The molecule has 1 unspecified atom stereocenters. The van der Waals surface area contributed by atoms with Crippen molar-refractivity contribution in [3.8, 4) is 0 Å². The van der Waals surface area contributed by atoms with Crippen molar-refractivity contribution in [3.63, 3.8) is 0 Å². The highest BCUT2D eigenvalue weighted by Gasteiger charge is 2.06. The third-order valence-electron chi connectivity index (χ3n) is 3.20. The molecule has 0 aliphatic carbocycles. The Morgan fingerprint density at radius 2 is 1.84 bits per heavy atom. The summed E-state index contributed by atoms with van der Waals surface area (Å²) >= 11 is 0. The molecule has 0 aromatic carbocycles. The molecular formula is C13H27N3O3. The van der Waals surface area contributed by atoms with E-state index in [1.54, 1.807) is 0 Å². The van der Waals surface area contributed by atoms with E-state index in [1.165, 1.54) is 0 Å². The van der Waals surface area contributed by atoms with Crippen molar-refractivity contribution in [2.45, 2.75) is 45.6 Å². The Kier molecular flexibility index (Phi) is 9.88. The standard InChI is InChI=1S/C13H27N3O3/c1-4-11(2)16(3)10-9-15-13(19)14-8-6-5-7-12(17)18/h11H,4-10H2,1-3H3,(H,17,18)(H2,14,15,19). The highest BCUT2D eigenvalue weighted by molar-refractivity contribution is 5.73. The maximum absolute atomic E-state index is 11.4. The van der Waals surface area contributed by atoms with E-state index in [0.29, 0.717) is 32.0 Å². The molecule has 1 atom stereocenters. The van der Waals surface area contributed by atoms with Crippen LogP contribution < -0.4 is 10.6 Å². The molecule has 0 saturated heterocycles. The molecule has 0 saturated carbocycles. The van der Waals surface area contributed by atoms with Crippen molar-refractivity contribution >= 4 is 12.0 Å².